The summed E-state index contributed by atoms with van der Waals surface area (Å²) in [6.07, 6.45) is 0.823. The number of carbonyl (C=O) groups excluding carboxylic acids is 2. The van der Waals surface area contributed by atoms with Gasteiger partial charge in [-0.2, -0.15) is 36.5 Å². The van der Waals surface area contributed by atoms with Crippen molar-refractivity contribution in [3.05, 3.63) is 88.5 Å². The zero-order valence-electron chi connectivity index (χ0n) is 28.9. The number of benzene rings is 2. The van der Waals surface area contributed by atoms with Gasteiger partial charge in [-0.25, -0.2) is 17.2 Å². The summed E-state index contributed by atoms with van der Waals surface area (Å²) in [7, 11) is -2.70. The van der Waals surface area contributed by atoms with Crippen LogP contribution < -0.4 is 15.4 Å². The number of fused-ring (bicyclic) bond motifs is 2. The quantitative estimate of drug-likeness (QED) is 0.156. The fourth-order valence-corrected chi connectivity index (χ4v) is 7.75. The minimum Gasteiger partial charge on any atom is -0.397 e. The maximum atomic E-state index is 15.3. The van der Waals surface area contributed by atoms with Crippen molar-refractivity contribution in [2.45, 2.75) is 44.5 Å². The van der Waals surface area contributed by atoms with Crippen LogP contribution in [0.1, 0.15) is 41.2 Å². The van der Waals surface area contributed by atoms with E-state index in [1.165, 1.54) is 36.1 Å². The SMILES string of the molecule is C#CC1Cc2c(C(F)(F)F)nn(CC(=O)NC(Cc3cc(F)cc(F)c3)c3ncc(N)cc3-c3cccc4c(N(C(C)=O)S(C)(=O)=O)nn(C)c34)c2C1(F)F. The molecule has 12 nitrogen and oxygen atoms in total. The average molecular weight is 791 g/mol. The standard InChI is InChI=1S/C35H29F7N8O4S/c1-5-19-12-26-31(35(40,41)42)46-49(32(26)34(19,38)39)16-28(52)45-27(11-18-9-20(36)13-21(37)10-18)29-25(14-22(43)15-44-29)23-7-6-8-24-30(23)48(3)47-33(24)50(17(2)51)55(4,53)54/h1,6-10,13-15,19,27H,11-12,16,43H2,2-4H3,(H,45,52). The van der Waals surface area contributed by atoms with Gasteiger partial charge in [0.15, 0.2) is 11.5 Å². The van der Waals surface area contributed by atoms with Crippen LogP contribution in [0, 0.1) is 29.9 Å². The predicted molar refractivity (Wildman–Crippen MR) is 184 cm³/mol. The molecule has 1 aliphatic rings. The van der Waals surface area contributed by atoms with E-state index in [4.69, 9.17) is 12.2 Å². The lowest BCUT2D eigenvalue weighted by Gasteiger charge is -2.23. The van der Waals surface area contributed by atoms with Gasteiger partial charge in [0.2, 0.25) is 21.8 Å². The van der Waals surface area contributed by atoms with Crippen molar-refractivity contribution in [1.29, 1.82) is 0 Å². The highest BCUT2D eigenvalue weighted by atomic mass is 32.2. The lowest BCUT2D eigenvalue weighted by molar-refractivity contribution is -0.142. The molecule has 5 aromatic rings. The van der Waals surface area contributed by atoms with E-state index in [2.05, 4.69) is 20.5 Å². The second-order valence-electron chi connectivity index (χ2n) is 12.9. The first-order chi connectivity index (χ1) is 25.6. The molecule has 0 aliphatic heterocycles. The van der Waals surface area contributed by atoms with Gasteiger partial charge in [-0.05, 0) is 42.7 Å². The molecule has 1 aliphatic carbocycles. The largest absolute Gasteiger partial charge is 0.435 e. The molecule has 2 atom stereocenters. The fraction of sp³-hybridized carbons (Fsp3) is 0.286. The number of carbonyl (C=O) groups is 2. The third-order valence-electron chi connectivity index (χ3n) is 8.89. The second-order valence-corrected chi connectivity index (χ2v) is 14.7. The number of alkyl halides is 5. The van der Waals surface area contributed by atoms with E-state index in [-0.39, 0.29) is 49.5 Å². The van der Waals surface area contributed by atoms with E-state index in [1.54, 1.807) is 12.0 Å². The van der Waals surface area contributed by atoms with Crippen molar-refractivity contribution in [3.63, 3.8) is 0 Å². The van der Waals surface area contributed by atoms with Gasteiger partial charge in [-0.3, -0.25) is 23.9 Å². The normalized spacial score (nSPS) is 15.8. The molecule has 0 spiro atoms. The number of sulfonamides is 1. The van der Waals surface area contributed by atoms with Crippen LogP contribution in [0.25, 0.3) is 22.0 Å². The molecule has 0 radical (unpaired) electrons. The Bertz CT molecular complexity index is 2520. The average Bonchev–Trinajstić information content (AvgIpc) is 3.68. The molecule has 0 fully saturated rings. The van der Waals surface area contributed by atoms with Gasteiger partial charge >= 0.3 is 12.1 Å². The van der Waals surface area contributed by atoms with Crippen LogP contribution in [0.3, 0.4) is 0 Å². The van der Waals surface area contributed by atoms with Gasteiger partial charge in [-0.1, -0.05) is 18.1 Å². The number of pyridine rings is 1. The number of para-hydroxylation sites is 1. The number of amides is 2. The van der Waals surface area contributed by atoms with E-state index in [1.807, 2.05) is 0 Å². The molecule has 2 unspecified atom stereocenters. The summed E-state index contributed by atoms with van der Waals surface area (Å²) < 4.78 is 129. The Morgan fingerprint density at radius 2 is 1.80 bits per heavy atom. The molecule has 2 aromatic carbocycles. The third kappa shape index (κ3) is 7.18. The summed E-state index contributed by atoms with van der Waals surface area (Å²) >= 11 is 0. The molecular weight excluding hydrogens is 761 g/mol. The number of nitrogens with one attached hydrogen (secondary N) is 1. The van der Waals surface area contributed by atoms with Crippen LogP contribution >= 0.6 is 0 Å². The van der Waals surface area contributed by atoms with E-state index in [9.17, 15) is 40.0 Å². The number of nitrogens with two attached hydrogens (primary N) is 1. The predicted octanol–water partition coefficient (Wildman–Crippen LogP) is 5.02. The Balaban J connectivity index is 1.49. The van der Waals surface area contributed by atoms with Crippen LogP contribution in [0.15, 0.2) is 48.7 Å². The Labute approximate surface area is 308 Å². The van der Waals surface area contributed by atoms with Gasteiger partial charge < -0.3 is 11.1 Å². The monoisotopic (exact) mass is 790 g/mol. The summed E-state index contributed by atoms with van der Waals surface area (Å²) in [6.45, 7) is -0.124. The molecule has 0 saturated heterocycles. The van der Waals surface area contributed by atoms with Crippen LogP contribution in [0.2, 0.25) is 0 Å². The first-order valence-electron chi connectivity index (χ1n) is 16.1. The van der Waals surface area contributed by atoms with Crippen molar-refractivity contribution in [3.8, 4) is 23.5 Å². The fourth-order valence-electron chi connectivity index (χ4n) is 6.84. The molecule has 6 rings (SSSR count). The van der Waals surface area contributed by atoms with Gasteiger partial charge in [0.1, 0.15) is 23.9 Å². The zero-order valence-corrected chi connectivity index (χ0v) is 29.7. The van der Waals surface area contributed by atoms with Gasteiger partial charge in [0.25, 0.3) is 0 Å². The van der Waals surface area contributed by atoms with E-state index >= 15 is 8.78 Å². The lowest BCUT2D eigenvalue weighted by atomic mass is 9.94. The van der Waals surface area contributed by atoms with Crippen molar-refractivity contribution >= 4 is 44.2 Å². The molecule has 288 valence electrons. The van der Waals surface area contributed by atoms with Crippen LogP contribution in [-0.4, -0.2) is 51.0 Å². The molecule has 0 bridgehead atoms. The number of nitrogens with zero attached hydrogens (tertiary/aromatic N) is 6. The Morgan fingerprint density at radius 3 is 2.40 bits per heavy atom. The van der Waals surface area contributed by atoms with Gasteiger partial charge in [0, 0.05) is 42.1 Å². The third-order valence-corrected chi connectivity index (χ3v) is 9.98. The minimum atomic E-state index is -5.16. The van der Waals surface area contributed by atoms with Crippen molar-refractivity contribution in [2.75, 3.05) is 16.3 Å². The smallest absolute Gasteiger partial charge is 0.397 e. The second kappa shape index (κ2) is 13.7. The van der Waals surface area contributed by atoms with Crippen molar-refractivity contribution in [1.82, 2.24) is 29.9 Å². The van der Waals surface area contributed by atoms with Gasteiger partial charge in [0.05, 0.1) is 41.3 Å². The summed E-state index contributed by atoms with van der Waals surface area (Å²) in [6, 6.07) is 7.14. The maximum absolute atomic E-state index is 15.3. The number of aryl methyl sites for hydroxylation is 1. The number of rotatable bonds is 9. The molecule has 3 heterocycles. The maximum Gasteiger partial charge on any atom is 0.435 e. The van der Waals surface area contributed by atoms with Crippen LogP contribution in [0.5, 0.6) is 0 Å². The highest BCUT2D eigenvalue weighted by molar-refractivity contribution is 7.92. The first kappa shape index (κ1) is 38.7. The molecule has 3 aromatic heterocycles. The first-order valence-corrected chi connectivity index (χ1v) is 17.9. The minimum absolute atomic E-state index is 0.0126. The van der Waals surface area contributed by atoms with E-state index in [0.29, 0.717) is 10.4 Å². The Hall–Kier alpha value is -5.97. The van der Waals surface area contributed by atoms with E-state index < -0.39 is 93.9 Å². The summed E-state index contributed by atoms with van der Waals surface area (Å²) in [5.41, 5.74) is 3.25. The molecular formula is C35H29F7N8O4S. The molecule has 0 saturated carbocycles. The van der Waals surface area contributed by atoms with Crippen molar-refractivity contribution in [2.24, 2.45) is 13.0 Å². The highest BCUT2D eigenvalue weighted by Crippen LogP contribution is 2.49. The number of hydrogen-bond acceptors (Lipinski definition) is 8. The summed E-state index contributed by atoms with van der Waals surface area (Å²) in [4.78, 5) is 30.6. The molecule has 3 N–H and O–H groups in total. The van der Waals surface area contributed by atoms with Gasteiger partial charge in [-0.15, -0.1) is 6.42 Å². The zero-order chi connectivity index (χ0) is 40.4. The number of hydrogen-bond donors (Lipinski definition) is 2. The number of anilines is 2. The number of aromatic nitrogens is 5. The molecule has 20 heteroatoms. The number of nitrogen functional groups attached to an aromatic ring is 1. The Morgan fingerprint density at radius 1 is 1.13 bits per heavy atom. The highest BCUT2D eigenvalue weighted by Gasteiger charge is 2.55. The molecule has 2 amide bonds. The summed E-state index contributed by atoms with van der Waals surface area (Å²) in [5, 5.41) is 10.3. The van der Waals surface area contributed by atoms with Crippen molar-refractivity contribution < 1.29 is 48.7 Å². The topological polar surface area (TPSA) is 158 Å². The van der Waals surface area contributed by atoms with E-state index in [0.717, 1.165) is 25.3 Å². The van der Waals surface area contributed by atoms with Crippen LogP contribution in [-0.2, 0) is 58.1 Å². The summed E-state index contributed by atoms with van der Waals surface area (Å²) in [5.74, 6) is -8.28. The Kier molecular flexibility index (Phi) is 9.66. The molecule has 55 heavy (non-hydrogen) atoms. The number of terminal acetylenes is 1. The lowest BCUT2D eigenvalue weighted by Crippen LogP contribution is -2.35. The van der Waals surface area contributed by atoms with Crippen LogP contribution in [0.4, 0.5) is 42.2 Å². The number of halogens is 7.